The summed E-state index contributed by atoms with van der Waals surface area (Å²) in [6, 6.07) is 10.2. The zero-order chi connectivity index (χ0) is 18.1. The lowest BCUT2D eigenvalue weighted by atomic mass is 10.2. The van der Waals surface area contributed by atoms with Gasteiger partial charge in [-0.25, -0.2) is 0 Å². The van der Waals surface area contributed by atoms with E-state index >= 15 is 0 Å². The van der Waals surface area contributed by atoms with Gasteiger partial charge in [0.15, 0.2) is 16.6 Å². The molecule has 0 aliphatic heterocycles. The fourth-order valence-electron chi connectivity index (χ4n) is 2.33. The van der Waals surface area contributed by atoms with Crippen LogP contribution >= 0.6 is 11.8 Å². The van der Waals surface area contributed by atoms with E-state index in [9.17, 15) is 13.2 Å². The van der Waals surface area contributed by atoms with Gasteiger partial charge < -0.3 is 0 Å². The molecule has 3 aromatic heterocycles. The lowest BCUT2D eigenvalue weighted by Gasteiger charge is -2.08. The summed E-state index contributed by atoms with van der Waals surface area (Å²) in [4.78, 5) is 0. The molecule has 4 rings (SSSR count). The SMILES string of the molecule is FC(F)(F)c1ccc(-n2nnnc2CSc2nnc3ccccn23)cc1. The van der Waals surface area contributed by atoms with Gasteiger partial charge in [-0.05, 0) is 46.8 Å². The number of fused-ring (bicyclic) bond motifs is 1. The molecule has 11 heteroatoms. The Balaban J connectivity index is 1.55. The Kier molecular flexibility index (Phi) is 4.07. The van der Waals surface area contributed by atoms with Crippen molar-refractivity contribution in [3.05, 3.63) is 60.0 Å². The predicted molar refractivity (Wildman–Crippen MR) is 86.7 cm³/mol. The fourth-order valence-corrected chi connectivity index (χ4v) is 3.17. The Morgan fingerprint density at radius 1 is 0.962 bits per heavy atom. The number of alkyl halides is 3. The van der Waals surface area contributed by atoms with Gasteiger partial charge >= 0.3 is 6.18 Å². The first-order valence-corrected chi connectivity index (χ1v) is 8.38. The molecule has 132 valence electrons. The molecule has 26 heavy (non-hydrogen) atoms. The number of halogens is 3. The van der Waals surface area contributed by atoms with Gasteiger partial charge in [-0.15, -0.1) is 15.3 Å². The lowest BCUT2D eigenvalue weighted by molar-refractivity contribution is -0.137. The third-order valence-electron chi connectivity index (χ3n) is 3.59. The van der Waals surface area contributed by atoms with E-state index in [0.29, 0.717) is 22.4 Å². The van der Waals surface area contributed by atoms with Crippen LogP contribution in [-0.4, -0.2) is 34.8 Å². The van der Waals surface area contributed by atoms with Crippen LogP contribution in [-0.2, 0) is 11.9 Å². The van der Waals surface area contributed by atoms with Crippen LogP contribution < -0.4 is 0 Å². The molecular formula is C15H10F3N7S. The number of hydrogen-bond acceptors (Lipinski definition) is 6. The summed E-state index contributed by atoms with van der Waals surface area (Å²) in [6.07, 6.45) is -2.54. The van der Waals surface area contributed by atoms with E-state index in [1.807, 2.05) is 28.8 Å². The highest BCUT2D eigenvalue weighted by Gasteiger charge is 2.30. The summed E-state index contributed by atoms with van der Waals surface area (Å²) in [5, 5.41) is 20.3. The summed E-state index contributed by atoms with van der Waals surface area (Å²) >= 11 is 1.38. The van der Waals surface area contributed by atoms with E-state index in [0.717, 1.165) is 17.8 Å². The fraction of sp³-hybridized carbons (Fsp3) is 0.133. The smallest absolute Gasteiger partial charge is 0.277 e. The van der Waals surface area contributed by atoms with Crippen molar-refractivity contribution in [1.82, 2.24) is 34.8 Å². The number of thioether (sulfide) groups is 1. The number of rotatable bonds is 4. The molecular weight excluding hydrogens is 367 g/mol. The van der Waals surface area contributed by atoms with Crippen molar-refractivity contribution in [2.24, 2.45) is 0 Å². The maximum absolute atomic E-state index is 12.7. The summed E-state index contributed by atoms with van der Waals surface area (Å²) < 4.78 is 41.3. The van der Waals surface area contributed by atoms with Crippen LogP contribution in [0.25, 0.3) is 11.3 Å². The molecule has 0 unspecified atom stereocenters. The van der Waals surface area contributed by atoms with Crippen LogP contribution in [0.2, 0.25) is 0 Å². The van der Waals surface area contributed by atoms with Crippen LogP contribution in [0.5, 0.6) is 0 Å². The third-order valence-corrected chi connectivity index (χ3v) is 4.53. The van der Waals surface area contributed by atoms with Crippen molar-refractivity contribution >= 4 is 17.4 Å². The third kappa shape index (κ3) is 3.12. The minimum absolute atomic E-state index is 0.379. The maximum Gasteiger partial charge on any atom is 0.416 e. The van der Waals surface area contributed by atoms with Gasteiger partial charge in [0, 0.05) is 6.20 Å². The van der Waals surface area contributed by atoms with Gasteiger partial charge in [0.1, 0.15) is 0 Å². The zero-order valence-corrected chi connectivity index (χ0v) is 13.8. The van der Waals surface area contributed by atoms with Crippen LogP contribution in [0.15, 0.2) is 53.8 Å². The number of hydrogen-bond donors (Lipinski definition) is 0. The Labute approximate surface area is 148 Å². The normalized spacial score (nSPS) is 12.0. The van der Waals surface area contributed by atoms with Crippen molar-refractivity contribution in [1.29, 1.82) is 0 Å². The molecule has 3 heterocycles. The molecule has 0 aliphatic carbocycles. The summed E-state index contributed by atoms with van der Waals surface area (Å²) in [5.74, 6) is 0.867. The van der Waals surface area contributed by atoms with Crippen LogP contribution in [0.4, 0.5) is 13.2 Å². The zero-order valence-electron chi connectivity index (χ0n) is 13.0. The van der Waals surface area contributed by atoms with Crippen LogP contribution in [0, 0.1) is 0 Å². The Morgan fingerprint density at radius 3 is 2.54 bits per heavy atom. The number of nitrogens with zero attached hydrogens (tertiary/aromatic N) is 7. The standard InChI is InChI=1S/C15H10F3N7S/c16-15(17,18)10-4-6-11(7-5-10)25-13(20-22-23-25)9-26-14-21-19-12-3-1-2-8-24(12)14/h1-8H,9H2. The molecule has 0 fully saturated rings. The predicted octanol–water partition coefficient (Wildman–Crippen LogP) is 3.02. The molecule has 0 N–H and O–H groups in total. The minimum atomic E-state index is -4.38. The number of pyridine rings is 1. The highest BCUT2D eigenvalue weighted by molar-refractivity contribution is 7.98. The highest BCUT2D eigenvalue weighted by atomic mass is 32.2. The molecule has 0 atom stereocenters. The van der Waals surface area contributed by atoms with Crippen molar-refractivity contribution in [2.75, 3.05) is 0 Å². The molecule has 4 aromatic rings. The average molecular weight is 377 g/mol. The molecule has 1 aromatic carbocycles. The van der Waals surface area contributed by atoms with Crippen LogP contribution in [0.3, 0.4) is 0 Å². The van der Waals surface area contributed by atoms with Gasteiger partial charge in [0.05, 0.1) is 17.0 Å². The number of tetrazole rings is 1. The van der Waals surface area contributed by atoms with E-state index in [-0.39, 0.29) is 0 Å². The minimum Gasteiger partial charge on any atom is -0.277 e. The summed E-state index contributed by atoms with van der Waals surface area (Å²) in [7, 11) is 0. The quantitative estimate of drug-likeness (QED) is 0.509. The second-order valence-corrected chi connectivity index (χ2v) is 6.19. The highest BCUT2D eigenvalue weighted by Crippen LogP contribution is 2.30. The largest absolute Gasteiger partial charge is 0.416 e. The first kappa shape index (κ1) is 16.5. The molecule has 0 amide bonds. The second-order valence-electron chi connectivity index (χ2n) is 5.25. The topological polar surface area (TPSA) is 73.8 Å². The maximum atomic E-state index is 12.7. The Bertz CT molecular complexity index is 1040. The first-order valence-electron chi connectivity index (χ1n) is 7.40. The summed E-state index contributed by atoms with van der Waals surface area (Å²) in [6.45, 7) is 0. The van der Waals surface area contributed by atoms with Crippen LogP contribution in [0.1, 0.15) is 11.4 Å². The first-order chi connectivity index (χ1) is 12.5. The second kappa shape index (κ2) is 6.41. The molecule has 0 saturated carbocycles. The van der Waals surface area contributed by atoms with Crippen molar-refractivity contribution in [2.45, 2.75) is 17.1 Å². The Hall–Kier alpha value is -2.95. The van der Waals surface area contributed by atoms with E-state index in [4.69, 9.17) is 0 Å². The summed E-state index contributed by atoms with van der Waals surface area (Å²) in [5.41, 5.74) is 0.446. The van der Waals surface area contributed by atoms with Crippen molar-refractivity contribution in [3.8, 4) is 5.69 Å². The Morgan fingerprint density at radius 2 is 1.77 bits per heavy atom. The van der Waals surface area contributed by atoms with Gasteiger partial charge in [-0.1, -0.05) is 17.8 Å². The monoisotopic (exact) mass is 377 g/mol. The van der Waals surface area contributed by atoms with Gasteiger partial charge in [0.25, 0.3) is 0 Å². The van der Waals surface area contributed by atoms with Gasteiger partial charge in [-0.3, -0.25) is 4.40 Å². The molecule has 0 aliphatic rings. The van der Waals surface area contributed by atoms with E-state index in [1.54, 1.807) is 0 Å². The van der Waals surface area contributed by atoms with E-state index in [2.05, 4.69) is 25.7 Å². The van der Waals surface area contributed by atoms with E-state index < -0.39 is 11.7 Å². The van der Waals surface area contributed by atoms with E-state index in [1.165, 1.54) is 28.6 Å². The average Bonchev–Trinajstić information content (AvgIpc) is 3.26. The van der Waals surface area contributed by atoms with Gasteiger partial charge in [0.2, 0.25) is 0 Å². The lowest BCUT2D eigenvalue weighted by Crippen LogP contribution is -2.06. The number of aromatic nitrogens is 7. The number of benzene rings is 1. The molecule has 0 spiro atoms. The molecule has 0 radical (unpaired) electrons. The molecule has 7 nitrogen and oxygen atoms in total. The molecule has 0 saturated heterocycles. The van der Waals surface area contributed by atoms with Gasteiger partial charge in [-0.2, -0.15) is 17.9 Å². The van der Waals surface area contributed by atoms with Crippen molar-refractivity contribution in [3.63, 3.8) is 0 Å². The molecule has 0 bridgehead atoms. The van der Waals surface area contributed by atoms with Crippen molar-refractivity contribution < 1.29 is 13.2 Å².